The number of amides is 1. The van der Waals surface area contributed by atoms with Crippen molar-refractivity contribution < 1.29 is 57.9 Å². The highest BCUT2D eigenvalue weighted by Gasteiger charge is 2.30. The Morgan fingerprint density at radius 1 is 0.600 bits per heavy atom. The van der Waals surface area contributed by atoms with Gasteiger partial charge in [0.15, 0.2) is 12.6 Å². The van der Waals surface area contributed by atoms with E-state index in [0.717, 1.165) is 38.5 Å². The van der Waals surface area contributed by atoms with Crippen LogP contribution in [0.25, 0.3) is 0 Å². The van der Waals surface area contributed by atoms with Crippen LogP contribution in [0.2, 0.25) is 0 Å². The van der Waals surface area contributed by atoms with E-state index in [1.807, 2.05) is 0 Å². The summed E-state index contributed by atoms with van der Waals surface area (Å²) >= 11 is 0. The van der Waals surface area contributed by atoms with E-state index >= 15 is 0 Å². The highest BCUT2D eigenvalue weighted by molar-refractivity contribution is 7.52. The summed E-state index contributed by atoms with van der Waals surface area (Å²) in [7, 11) is -3.03. The number of phosphoric acid groups is 1. The van der Waals surface area contributed by atoms with Crippen LogP contribution in [0.3, 0.4) is 0 Å². The number of ether oxygens (including phenoxy) is 4. The highest BCUT2D eigenvalue weighted by Crippen LogP contribution is 2.47. The molecule has 1 unspecified atom stereocenters. The molecule has 0 aromatic carbocycles. The largest absolute Gasteiger partial charge is 0.606 e. The third kappa shape index (κ3) is 44.0. The number of carbonyl (C=O) groups excluding carboxylic acids is 1. The second kappa shape index (κ2) is 45.0. The number of aliphatic hydroxyl groups is 3. The van der Waals surface area contributed by atoms with Crippen molar-refractivity contribution in [2.75, 3.05) is 53.4 Å². The molecule has 0 saturated carbocycles. The first kappa shape index (κ1) is 59.4. The van der Waals surface area contributed by atoms with E-state index < -0.39 is 39.7 Å². The van der Waals surface area contributed by atoms with Gasteiger partial charge in [0.2, 0.25) is 5.91 Å². The lowest BCUT2D eigenvalue weighted by molar-refractivity contribution is -0.250. The van der Waals surface area contributed by atoms with Gasteiger partial charge in [-0.2, -0.15) is 13.9 Å². The van der Waals surface area contributed by atoms with E-state index in [0.29, 0.717) is 26.0 Å². The summed E-state index contributed by atoms with van der Waals surface area (Å²) in [6.45, 7) is 4.48. The van der Waals surface area contributed by atoms with E-state index in [9.17, 15) is 29.9 Å². The number of nitrogens with one attached hydrogen (secondary N) is 2. The van der Waals surface area contributed by atoms with E-state index in [4.69, 9.17) is 28.0 Å². The van der Waals surface area contributed by atoms with E-state index in [-0.39, 0.29) is 45.3 Å². The number of methoxy groups -OCH3 is 1. The minimum atomic E-state index is -4.55. The van der Waals surface area contributed by atoms with Crippen molar-refractivity contribution in [2.24, 2.45) is 0 Å². The second-order valence-corrected chi connectivity index (χ2v) is 17.8. The summed E-state index contributed by atoms with van der Waals surface area (Å²) in [5.41, 5.74) is 0. The van der Waals surface area contributed by atoms with Gasteiger partial charge in [-0.3, -0.25) is 10.1 Å². The summed E-state index contributed by atoms with van der Waals surface area (Å²) in [5, 5.41) is 36.6. The van der Waals surface area contributed by atoms with Gasteiger partial charge >= 0.3 is 8.17 Å². The molecule has 0 aliphatic carbocycles. The summed E-state index contributed by atoms with van der Waals surface area (Å²) in [4.78, 5) is 35.1. The summed E-state index contributed by atoms with van der Waals surface area (Å²) in [6.07, 6.45) is 29.0. The quantitative estimate of drug-likeness (QED) is 0.0193. The van der Waals surface area contributed by atoms with E-state index in [1.165, 1.54) is 136 Å². The Morgan fingerprint density at radius 3 is 1.55 bits per heavy atom. The molecule has 5 atom stereocenters. The Bertz CT molecular complexity index is 897. The average Bonchev–Trinajstić information content (AvgIpc) is 3.23. The molecule has 14 nitrogen and oxygen atoms in total. The lowest BCUT2D eigenvalue weighted by atomic mass is 10.0. The van der Waals surface area contributed by atoms with Gasteiger partial charge < -0.3 is 44.5 Å². The van der Waals surface area contributed by atoms with Crippen LogP contribution >= 0.6 is 8.17 Å². The maximum atomic E-state index is 12.7. The van der Waals surface area contributed by atoms with Gasteiger partial charge in [-0.05, 0) is 32.1 Å². The summed E-state index contributed by atoms with van der Waals surface area (Å²) < 4.78 is 31.6. The first-order valence-electron chi connectivity index (χ1n) is 24.1. The third-order valence-electron chi connectivity index (χ3n) is 10.5. The molecule has 1 amide bonds. The van der Waals surface area contributed by atoms with Crippen LogP contribution in [0.1, 0.15) is 206 Å². The minimum Gasteiger partial charge on any atom is -0.606 e. The van der Waals surface area contributed by atoms with Gasteiger partial charge in [0.25, 0.3) is 0 Å². The zero-order chi connectivity index (χ0) is 44.2. The fourth-order valence-electron chi connectivity index (χ4n) is 6.86. The molecular formula is C45H93N2O12P. The van der Waals surface area contributed by atoms with Crippen molar-refractivity contribution in [3.05, 3.63) is 0 Å². The molecule has 0 saturated heterocycles. The molecule has 0 aliphatic heterocycles. The monoisotopic (exact) mass is 885 g/mol. The van der Waals surface area contributed by atoms with Crippen molar-refractivity contribution in [3.8, 4) is 0 Å². The number of carbonyl (C=O) groups is 1. The van der Waals surface area contributed by atoms with E-state index in [1.54, 1.807) is 0 Å². The molecule has 15 heteroatoms. The molecule has 0 aromatic heterocycles. The molecule has 0 heterocycles. The van der Waals surface area contributed by atoms with E-state index in [2.05, 4.69) is 24.5 Å². The molecule has 0 spiro atoms. The molecule has 0 rings (SSSR count). The standard InChI is InChI=1S/C45H93N2O12P/c1-4-6-8-10-12-14-16-18-20-22-24-26-28-30-44(50)56-38-41(59-45(51)31-29-27-25-23-21-19-17-15-13-11-9-7-5-2)39-58-60(52,53)57-37-35-47-43(49)33-32-42(48)46-34-36-55-40-54-3/h41-42,44-46,48,50-51H,4-40H2,1-3H3,(H,47,49)(H,52,53)/t41-,42-,44-,45+/m1/s1. The Balaban J connectivity index is 4.55. The number of aliphatic hydroxyl groups excluding tert-OH is 3. The number of phosphoric ester groups is 1. The zero-order valence-electron chi connectivity index (χ0n) is 38.5. The van der Waals surface area contributed by atoms with Gasteiger partial charge in [0, 0.05) is 26.6 Å². The lowest BCUT2D eigenvalue weighted by Crippen LogP contribution is -2.35. The number of rotatable bonds is 49. The molecule has 6 N–H and O–H groups in total. The summed E-state index contributed by atoms with van der Waals surface area (Å²) in [5.74, 6) is -0.357. The Morgan fingerprint density at radius 2 is 1.07 bits per heavy atom. The predicted octanol–water partition coefficient (Wildman–Crippen LogP) is 8.48. The fraction of sp³-hybridized carbons (Fsp3) is 0.978. The normalized spacial score (nSPS) is 14.9. The van der Waals surface area contributed by atoms with Crippen molar-refractivity contribution in [2.45, 2.75) is 231 Å². The van der Waals surface area contributed by atoms with Crippen molar-refractivity contribution in [3.63, 3.8) is 0 Å². The average molecular weight is 885 g/mol. The third-order valence-corrected chi connectivity index (χ3v) is 11.5. The van der Waals surface area contributed by atoms with Crippen molar-refractivity contribution >= 4 is 14.1 Å². The number of hydrogen-bond donors (Lipinski definition) is 6. The van der Waals surface area contributed by atoms with Crippen LogP contribution < -0.4 is 15.5 Å². The smallest absolute Gasteiger partial charge is 0.376 e. The van der Waals surface area contributed by atoms with Gasteiger partial charge in [0.1, 0.15) is 32.3 Å². The van der Waals surface area contributed by atoms with Crippen LogP contribution in [0.4, 0.5) is 0 Å². The SMILES string of the molecule is CCCCCCCCCCCCCCC[C@@H](O)O[C@H](CO[C@@H](O)CCCCCCCCCCCCCCC)CO[P+]([O-])(O)OCCNC(=O)CC[C@@H](O)NCCOCOC. The first-order chi connectivity index (χ1) is 29.1. The Hall–Kier alpha value is -0.580. The maximum Gasteiger partial charge on any atom is 0.376 e. The summed E-state index contributed by atoms with van der Waals surface area (Å²) in [6, 6.07) is 0. The first-order valence-corrected chi connectivity index (χ1v) is 25.6. The molecule has 60 heavy (non-hydrogen) atoms. The van der Waals surface area contributed by atoms with Gasteiger partial charge in [-0.15, -0.1) is 0 Å². The van der Waals surface area contributed by atoms with Crippen molar-refractivity contribution in [1.29, 1.82) is 0 Å². The molecule has 0 bridgehead atoms. The van der Waals surface area contributed by atoms with Crippen LogP contribution in [0.15, 0.2) is 0 Å². The van der Waals surface area contributed by atoms with Gasteiger partial charge in [-0.1, -0.05) is 168 Å². The second-order valence-electron chi connectivity index (χ2n) is 16.3. The predicted molar refractivity (Wildman–Crippen MR) is 239 cm³/mol. The van der Waals surface area contributed by atoms with Gasteiger partial charge in [0.05, 0.1) is 13.2 Å². The Labute approximate surface area is 366 Å². The molecule has 0 aliphatic rings. The zero-order valence-corrected chi connectivity index (χ0v) is 39.4. The van der Waals surface area contributed by atoms with Crippen molar-refractivity contribution in [1.82, 2.24) is 10.6 Å². The van der Waals surface area contributed by atoms with Crippen LogP contribution in [0, 0.1) is 0 Å². The molecule has 0 radical (unpaired) electrons. The molecule has 0 fully saturated rings. The minimum absolute atomic E-state index is 0.0340. The van der Waals surface area contributed by atoms with Crippen LogP contribution in [0.5, 0.6) is 0 Å². The van der Waals surface area contributed by atoms with Crippen LogP contribution in [-0.4, -0.2) is 104 Å². The molecule has 0 aromatic rings. The highest BCUT2D eigenvalue weighted by atomic mass is 31.2. The number of unbranched alkanes of at least 4 members (excludes halogenated alkanes) is 24. The fourth-order valence-corrected chi connectivity index (χ4v) is 7.61. The number of hydrogen-bond acceptors (Lipinski definition) is 13. The van der Waals surface area contributed by atoms with Gasteiger partial charge in [-0.25, -0.2) is 0 Å². The molecule has 360 valence electrons. The maximum absolute atomic E-state index is 12.7. The Kier molecular flexibility index (Phi) is 44.6. The lowest BCUT2D eigenvalue weighted by Gasteiger charge is -2.25. The van der Waals surface area contributed by atoms with Crippen LogP contribution in [-0.2, 0) is 32.8 Å². The molecular weight excluding hydrogens is 791 g/mol. The topological polar surface area (TPSA) is 200 Å².